The lowest BCUT2D eigenvalue weighted by molar-refractivity contribution is -0.121. The summed E-state index contributed by atoms with van der Waals surface area (Å²) in [6.45, 7) is 1.25. The van der Waals surface area contributed by atoms with E-state index in [1.165, 1.54) is 12.8 Å². The highest BCUT2D eigenvalue weighted by Crippen LogP contribution is 2.31. The maximum absolute atomic E-state index is 11.6. The van der Waals surface area contributed by atoms with E-state index < -0.39 is 0 Å². The molecule has 1 atom stereocenters. The maximum atomic E-state index is 11.6. The Kier molecular flexibility index (Phi) is 6.51. The molecule has 1 amide bonds. The molecule has 1 aliphatic rings. The van der Waals surface area contributed by atoms with Crippen molar-refractivity contribution in [1.82, 2.24) is 5.32 Å². The lowest BCUT2D eigenvalue weighted by Gasteiger charge is -2.11. The molecule has 0 aliphatic heterocycles. The highest BCUT2D eigenvalue weighted by molar-refractivity contribution is 9.10. The molecule has 0 spiro atoms. The van der Waals surface area contributed by atoms with Gasteiger partial charge in [0.05, 0.1) is 6.61 Å². The number of amides is 1. The Morgan fingerprint density at radius 1 is 1.33 bits per heavy atom. The van der Waals surface area contributed by atoms with Crippen LogP contribution in [0, 0.1) is 5.92 Å². The van der Waals surface area contributed by atoms with E-state index in [2.05, 4.69) is 21.2 Å². The third-order valence-electron chi connectivity index (χ3n) is 3.64. The van der Waals surface area contributed by atoms with Crippen LogP contribution in [-0.2, 0) is 4.79 Å². The predicted molar refractivity (Wildman–Crippen MR) is 87.2 cm³/mol. The Bertz CT molecular complexity index is 446. The molecule has 0 heterocycles. The van der Waals surface area contributed by atoms with E-state index in [0.717, 1.165) is 23.1 Å². The van der Waals surface area contributed by atoms with Gasteiger partial charge in [-0.1, -0.05) is 15.9 Å². The molecule has 1 aromatic rings. The van der Waals surface area contributed by atoms with Crippen molar-refractivity contribution in [3.63, 3.8) is 0 Å². The molecule has 5 heteroatoms. The van der Waals surface area contributed by atoms with Crippen molar-refractivity contribution in [2.75, 3.05) is 13.2 Å². The standard InChI is InChI=1S/C16H23BrN2O2/c17-13-6-8-14(9-7-13)21-10-2-1-3-16(20)19-11-15(18)12-4-5-12/h6-9,12,15H,1-5,10-11,18H2,(H,19,20). The van der Waals surface area contributed by atoms with Crippen LogP contribution in [0.4, 0.5) is 0 Å². The molecule has 4 nitrogen and oxygen atoms in total. The zero-order valence-electron chi connectivity index (χ0n) is 12.2. The van der Waals surface area contributed by atoms with Crippen LogP contribution in [0.5, 0.6) is 5.75 Å². The smallest absolute Gasteiger partial charge is 0.220 e. The van der Waals surface area contributed by atoms with E-state index in [1.807, 2.05) is 24.3 Å². The molecule has 1 saturated carbocycles. The summed E-state index contributed by atoms with van der Waals surface area (Å²) in [4.78, 5) is 11.6. The van der Waals surface area contributed by atoms with E-state index in [9.17, 15) is 4.79 Å². The van der Waals surface area contributed by atoms with Crippen LogP contribution in [0.3, 0.4) is 0 Å². The summed E-state index contributed by atoms with van der Waals surface area (Å²) in [5, 5.41) is 2.91. The minimum atomic E-state index is 0.0924. The monoisotopic (exact) mass is 354 g/mol. The van der Waals surface area contributed by atoms with Crippen molar-refractivity contribution >= 4 is 21.8 Å². The van der Waals surface area contributed by atoms with Crippen molar-refractivity contribution < 1.29 is 9.53 Å². The number of ether oxygens (including phenoxy) is 1. The van der Waals surface area contributed by atoms with Gasteiger partial charge in [0.1, 0.15) is 5.75 Å². The van der Waals surface area contributed by atoms with Crippen molar-refractivity contribution in [2.45, 2.75) is 38.1 Å². The molecule has 1 aromatic carbocycles. The van der Waals surface area contributed by atoms with Gasteiger partial charge in [-0.05, 0) is 55.9 Å². The molecule has 0 radical (unpaired) electrons. The summed E-state index contributed by atoms with van der Waals surface area (Å²) in [7, 11) is 0. The molecular formula is C16H23BrN2O2. The number of nitrogens with one attached hydrogen (secondary N) is 1. The lowest BCUT2D eigenvalue weighted by atomic mass is 10.2. The van der Waals surface area contributed by atoms with Crippen LogP contribution in [0.2, 0.25) is 0 Å². The number of unbranched alkanes of at least 4 members (excludes halogenated alkanes) is 1. The Labute approximate surface area is 134 Å². The van der Waals surface area contributed by atoms with Gasteiger partial charge in [-0.25, -0.2) is 0 Å². The first-order valence-corrected chi connectivity index (χ1v) is 8.35. The molecular weight excluding hydrogens is 332 g/mol. The SMILES string of the molecule is NC(CNC(=O)CCCCOc1ccc(Br)cc1)C1CC1. The van der Waals surface area contributed by atoms with Gasteiger partial charge in [-0.2, -0.15) is 0 Å². The third kappa shape index (κ3) is 6.48. The van der Waals surface area contributed by atoms with Crippen LogP contribution in [0.25, 0.3) is 0 Å². The molecule has 3 N–H and O–H groups in total. The summed E-state index contributed by atoms with van der Waals surface area (Å²) in [5.74, 6) is 1.58. The van der Waals surface area contributed by atoms with E-state index in [0.29, 0.717) is 25.5 Å². The first kappa shape index (κ1) is 16.3. The van der Waals surface area contributed by atoms with E-state index in [-0.39, 0.29) is 11.9 Å². The minimum Gasteiger partial charge on any atom is -0.494 e. The van der Waals surface area contributed by atoms with Crippen molar-refractivity contribution in [1.29, 1.82) is 0 Å². The minimum absolute atomic E-state index is 0.0924. The number of benzene rings is 1. The van der Waals surface area contributed by atoms with Gasteiger partial charge in [-0.15, -0.1) is 0 Å². The van der Waals surface area contributed by atoms with Gasteiger partial charge in [0, 0.05) is 23.5 Å². The summed E-state index contributed by atoms with van der Waals surface area (Å²) in [5.41, 5.74) is 5.94. The highest BCUT2D eigenvalue weighted by atomic mass is 79.9. The second-order valence-corrected chi connectivity index (χ2v) is 6.48. The lowest BCUT2D eigenvalue weighted by Crippen LogP contribution is -2.38. The van der Waals surface area contributed by atoms with Crippen LogP contribution < -0.4 is 15.8 Å². The molecule has 21 heavy (non-hydrogen) atoms. The summed E-state index contributed by atoms with van der Waals surface area (Å²) in [6.07, 6.45) is 4.68. The van der Waals surface area contributed by atoms with Gasteiger partial charge < -0.3 is 15.8 Å². The molecule has 1 fully saturated rings. The van der Waals surface area contributed by atoms with Gasteiger partial charge in [0.2, 0.25) is 5.91 Å². The fraction of sp³-hybridized carbons (Fsp3) is 0.562. The quantitative estimate of drug-likeness (QED) is 0.670. The molecule has 1 unspecified atom stereocenters. The van der Waals surface area contributed by atoms with E-state index in [1.54, 1.807) is 0 Å². The number of rotatable bonds is 9. The average molecular weight is 355 g/mol. The zero-order valence-corrected chi connectivity index (χ0v) is 13.8. The van der Waals surface area contributed by atoms with Gasteiger partial charge >= 0.3 is 0 Å². The highest BCUT2D eigenvalue weighted by Gasteiger charge is 2.28. The second kappa shape index (κ2) is 8.39. The topological polar surface area (TPSA) is 64.3 Å². The molecule has 0 saturated heterocycles. The fourth-order valence-electron chi connectivity index (χ4n) is 2.12. The summed E-state index contributed by atoms with van der Waals surface area (Å²) in [6, 6.07) is 7.89. The Morgan fingerprint density at radius 2 is 2.05 bits per heavy atom. The Balaban J connectivity index is 1.48. The van der Waals surface area contributed by atoms with Crippen molar-refractivity contribution in [3.05, 3.63) is 28.7 Å². The van der Waals surface area contributed by atoms with Crippen molar-refractivity contribution in [3.8, 4) is 5.75 Å². The molecule has 0 aromatic heterocycles. The Morgan fingerprint density at radius 3 is 2.71 bits per heavy atom. The third-order valence-corrected chi connectivity index (χ3v) is 4.17. The second-order valence-electron chi connectivity index (χ2n) is 5.56. The number of carbonyl (C=O) groups excluding carboxylic acids is 1. The van der Waals surface area contributed by atoms with Gasteiger partial charge in [0.25, 0.3) is 0 Å². The maximum Gasteiger partial charge on any atom is 0.220 e. The number of hydrogen-bond acceptors (Lipinski definition) is 3. The van der Waals surface area contributed by atoms with Crippen LogP contribution in [0.15, 0.2) is 28.7 Å². The summed E-state index contributed by atoms with van der Waals surface area (Å²) >= 11 is 3.38. The number of carbonyl (C=O) groups is 1. The van der Waals surface area contributed by atoms with Crippen LogP contribution in [-0.4, -0.2) is 25.1 Å². The normalized spacial score (nSPS) is 15.5. The van der Waals surface area contributed by atoms with Gasteiger partial charge in [-0.3, -0.25) is 4.79 Å². The first-order valence-electron chi connectivity index (χ1n) is 7.56. The van der Waals surface area contributed by atoms with Gasteiger partial charge in [0.15, 0.2) is 0 Å². The number of halogens is 1. The van der Waals surface area contributed by atoms with Crippen molar-refractivity contribution in [2.24, 2.45) is 11.7 Å². The number of nitrogens with two attached hydrogens (primary N) is 1. The largest absolute Gasteiger partial charge is 0.494 e. The Hall–Kier alpha value is -1.07. The first-order chi connectivity index (χ1) is 10.1. The molecule has 2 rings (SSSR count). The number of hydrogen-bond donors (Lipinski definition) is 2. The predicted octanol–water partition coefficient (Wildman–Crippen LogP) is 2.85. The summed E-state index contributed by atoms with van der Waals surface area (Å²) < 4.78 is 6.65. The molecule has 116 valence electrons. The fourth-order valence-corrected chi connectivity index (χ4v) is 2.38. The van der Waals surface area contributed by atoms with E-state index in [4.69, 9.17) is 10.5 Å². The van der Waals surface area contributed by atoms with E-state index >= 15 is 0 Å². The van der Waals surface area contributed by atoms with Crippen LogP contribution in [0.1, 0.15) is 32.1 Å². The molecule has 1 aliphatic carbocycles. The zero-order chi connectivity index (χ0) is 15.1. The van der Waals surface area contributed by atoms with Crippen LogP contribution >= 0.6 is 15.9 Å². The average Bonchev–Trinajstić information content (AvgIpc) is 3.31. The molecule has 0 bridgehead atoms.